The number of nitrogens with one attached hydrogen (secondary N) is 2. The smallest absolute Gasteiger partial charge is 0.291 e. The summed E-state index contributed by atoms with van der Waals surface area (Å²) in [5, 5.41) is 4.06. The van der Waals surface area contributed by atoms with Crippen molar-refractivity contribution in [2.75, 3.05) is 0 Å². The van der Waals surface area contributed by atoms with Crippen molar-refractivity contribution >= 4 is 11.0 Å². The fourth-order valence-electron chi connectivity index (χ4n) is 2.53. The Morgan fingerprint density at radius 2 is 2.04 bits per heavy atom. The summed E-state index contributed by atoms with van der Waals surface area (Å²) in [4.78, 5) is 27.9. The van der Waals surface area contributed by atoms with Crippen LogP contribution in [0, 0.1) is 12.7 Å². The number of rotatable bonds is 3. The first-order valence-corrected chi connectivity index (χ1v) is 6.98. The molecule has 0 unspecified atom stereocenters. The van der Waals surface area contributed by atoms with Crippen LogP contribution in [0.4, 0.5) is 8.78 Å². The number of hydrogen-bond donors (Lipinski definition) is 2. The lowest BCUT2D eigenvalue weighted by Crippen LogP contribution is -2.23. The van der Waals surface area contributed by atoms with E-state index in [0.29, 0.717) is 11.1 Å². The third-order valence-electron chi connectivity index (χ3n) is 3.84. The number of aromatic nitrogens is 4. The molecule has 0 spiro atoms. The van der Waals surface area contributed by atoms with Gasteiger partial charge in [0.05, 0.1) is 6.04 Å². The van der Waals surface area contributed by atoms with Crippen LogP contribution < -0.4 is 11.2 Å². The molecular formula is C15H14F2N4O2. The van der Waals surface area contributed by atoms with Crippen molar-refractivity contribution in [2.45, 2.75) is 26.6 Å². The maximum Gasteiger partial charge on any atom is 0.327 e. The minimum absolute atomic E-state index is 0.00784. The van der Waals surface area contributed by atoms with E-state index in [4.69, 9.17) is 0 Å². The molecule has 8 heteroatoms. The van der Waals surface area contributed by atoms with E-state index < -0.39 is 24.0 Å². The van der Waals surface area contributed by atoms with E-state index in [1.165, 1.54) is 10.7 Å². The van der Waals surface area contributed by atoms with Crippen LogP contribution in [0.15, 0.2) is 27.8 Å². The highest BCUT2D eigenvalue weighted by molar-refractivity contribution is 5.77. The Morgan fingerprint density at radius 1 is 1.30 bits per heavy atom. The summed E-state index contributed by atoms with van der Waals surface area (Å²) >= 11 is 0. The highest BCUT2D eigenvalue weighted by Gasteiger charge is 2.20. The third-order valence-corrected chi connectivity index (χ3v) is 3.84. The van der Waals surface area contributed by atoms with E-state index in [0.717, 1.165) is 0 Å². The molecule has 0 amide bonds. The first-order chi connectivity index (χ1) is 10.9. The van der Waals surface area contributed by atoms with Gasteiger partial charge in [-0.15, -0.1) is 0 Å². The second-order valence-corrected chi connectivity index (χ2v) is 5.34. The number of H-pyrrole nitrogens is 2. The quantitative estimate of drug-likeness (QED) is 0.773. The number of fused-ring (bicyclic) bond motifs is 1. The fraction of sp³-hybridized carbons (Fsp3) is 0.267. The topological polar surface area (TPSA) is 83.5 Å². The van der Waals surface area contributed by atoms with Gasteiger partial charge >= 0.3 is 5.69 Å². The van der Waals surface area contributed by atoms with Crippen molar-refractivity contribution in [3.8, 4) is 0 Å². The van der Waals surface area contributed by atoms with Crippen LogP contribution in [-0.4, -0.2) is 19.7 Å². The first-order valence-electron chi connectivity index (χ1n) is 6.98. The minimum atomic E-state index is -0.951. The Hall–Kier alpha value is -2.77. The molecule has 0 aliphatic carbocycles. The molecule has 6 nitrogen and oxygen atoms in total. The molecule has 3 aromatic rings. The largest absolute Gasteiger partial charge is 0.327 e. The summed E-state index contributed by atoms with van der Waals surface area (Å²) in [6.07, 6.45) is 0. The molecule has 120 valence electrons. The van der Waals surface area contributed by atoms with Crippen LogP contribution in [0.1, 0.15) is 29.8 Å². The van der Waals surface area contributed by atoms with Gasteiger partial charge in [-0.2, -0.15) is 5.10 Å². The number of benzene rings is 1. The van der Waals surface area contributed by atoms with Crippen LogP contribution in [0.25, 0.3) is 11.0 Å². The lowest BCUT2D eigenvalue weighted by molar-refractivity contribution is 0.464. The Balaban J connectivity index is 2.25. The number of nitrogens with zero attached hydrogens (tertiary/aromatic N) is 2. The normalized spacial score (nSPS) is 12.7. The Kier molecular flexibility index (Phi) is 3.59. The van der Waals surface area contributed by atoms with Gasteiger partial charge in [0.15, 0.2) is 0 Å². The SMILES string of the molecule is Cc1ccc([C@H](C)n2nc(CF)c3c(=O)[nH]c(=O)[nH]c32)cc1F. The zero-order chi connectivity index (χ0) is 16.7. The molecular weight excluding hydrogens is 306 g/mol. The van der Waals surface area contributed by atoms with Gasteiger partial charge in [-0.1, -0.05) is 12.1 Å². The molecule has 23 heavy (non-hydrogen) atoms. The number of aromatic amines is 2. The van der Waals surface area contributed by atoms with Crippen LogP contribution in [0.3, 0.4) is 0 Å². The van der Waals surface area contributed by atoms with E-state index in [1.54, 1.807) is 26.0 Å². The summed E-state index contributed by atoms with van der Waals surface area (Å²) in [6.45, 7) is 2.41. The summed E-state index contributed by atoms with van der Waals surface area (Å²) < 4.78 is 28.2. The molecule has 0 fully saturated rings. The molecule has 0 aliphatic heterocycles. The maximum absolute atomic E-state index is 13.8. The van der Waals surface area contributed by atoms with Crippen molar-refractivity contribution < 1.29 is 8.78 Å². The van der Waals surface area contributed by atoms with Crippen molar-refractivity contribution in [1.29, 1.82) is 0 Å². The van der Waals surface area contributed by atoms with Crippen LogP contribution in [0.5, 0.6) is 0 Å². The molecule has 0 radical (unpaired) electrons. The van der Waals surface area contributed by atoms with Crippen LogP contribution in [-0.2, 0) is 6.67 Å². The second-order valence-electron chi connectivity index (χ2n) is 5.34. The Bertz CT molecular complexity index is 1000. The Morgan fingerprint density at radius 3 is 2.70 bits per heavy atom. The average molecular weight is 320 g/mol. The monoisotopic (exact) mass is 320 g/mol. The highest BCUT2D eigenvalue weighted by Crippen LogP contribution is 2.24. The molecule has 0 saturated heterocycles. The van der Waals surface area contributed by atoms with Gasteiger partial charge in [0.1, 0.15) is 29.2 Å². The molecule has 0 saturated carbocycles. The van der Waals surface area contributed by atoms with Crippen molar-refractivity contribution in [3.05, 3.63) is 61.7 Å². The third kappa shape index (κ3) is 2.45. The van der Waals surface area contributed by atoms with E-state index in [2.05, 4.69) is 10.1 Å². The number of hydrogen-bond acceptors (Lipinski definition) is 3. The van der Waals surface area contributed by atoms with Gasteiger partial charge in [-0.05, 0) is 31.0 Å². The second kappa shape index (κ2) is 5.45. The van der Waals surface area contributed by atoms with E-state index in [-0.39, 0.29) is 22.5 Å². The van der Waals surface area contributed by atoms with Crippen molar-refractivity contribution in [3.63, 3.8) is 0 Å². The predicted molar refractivity (Wildman–Crippen MR) is 80.7 cm³/mol. The Labute approximate surface area is 128 Å². The van der Waals surface area contributed by atoms with Gasteiger partial charge in [0.2, 0.25) is 0 Å². The number of alkyl halides is 1. The maximum atomic E-state index is 13.8. The van der Waals surface area contributed by atoms with Gasteiger partial charge < -0.3 is 0 Å². The minimum Gasteiger partial charge on any atom is -0.291 e. The summed E-state index contributed by atoms with van der Waals surface area (Å²) in [7, 11) is 0. The lowest BCUT2D eigenvalue weighted by Gasteiger charge is -2.14. The van der Waals surface area contributed by atoms with Gasteiger partial charge in [-0.25, -0.2) is 18.3 Å². The predicted octanol–water partition coefficient (Wildman–Crippen LogP) is 1.94. The summed E-state index contributed by atoms with van der Waals surface area (Å²) in [5.74, 6) is -0.372. The molecule has 2 N–H and O–H groups in total. The highest BCUT2D eigenvalue weighted by atomic mass is 19.1. The summed E-state index contributed by atoms with van der Waals surface area (Å²) in [5.41, 5.74) is -0.289. The van der Waals surface area contributed by atoms with Crippen molar-refractivity contribution in [2.24, 2.45) is 0 Å². The molecule has 1 aromatic carbocycles. The standard InChI is InChI=1S/C15H14F2N4O2/c1-7-3-4-9(5-10(7)17)8(2)21-13-12(11(6-16)20-21)14(22)19-15(23)18-13/h3-5,8H,6H2,1-2H3,(H2,18,19,22,23)/t8-/m0/s1. The van der Waals surface area contributed by atoms with E-state index in [9.17, 15) is 18.4 Å². The van der Waals surface area contributed by atoms with E-state index >= 15 is 0 Å². The van der Waals surface area contributed by atoms with Crippen LogP contribution >= 0.6 is 0 Å². The number of halogens is 2. The van der Waals surface area contributed by atoms with Gasteiger partial charge in [0.25, 0.3) is 5.56 Å². The fourth-order valence-corrected chi connectivity index (χ4v) is 2.53. The molecule has 2 aromatic heterocycles. The molecule has 3 rings (SSSR count). The zero-order valence-electron chi connectivity index (χ0n) is 12.5. The molecule has 0 aliphatic rings. The van der Waals surface area contributed by atoms with Crippen molar-refractivity contribution in [1.82, 2.24) is 19.7 Å². The van der Waals surface area contributed by atoms with E-state index in [1.807, 2.05) is 4.98 Å². The average Bonchev–Trinajstić information content (AvgIpc) is 2.88. The zero-order valence-corrected chi connectivity index (χ0v) is 12.5. The molecule has 1 atom stereocenters. The lowest BCUT2D eigenvalue weighted by atomic mass is 10.1. The van der Waals surface area contributed by atoms with Crippen LogP contribution in [0.2, 0.25) is 0 Å². The first kappa shape index (κ1) is 15.1. The molecule has 0 bridgehead atoms. The number of aryl methyl sites for hydroxylation is 1. The van der Waals surface area contributed by atoms with Gasteiger partial charge in [-0.3, -0.25) is 14.8 Å². The summed E-state index contributed by atoms with van der Waals surface area (Å²) in [6, 6.07) is 4.20. The van der Waals surface area contributed by atoms with Gasteiger partial charge in [0, 0.05) is 0 Å². The molecule has 2 heterocycles.